The molecule has 1 saturated heterocycles. The number of hydrogen-bond donors (Lipinski definition) is 3. The van der Waals surface area contributed by atoms with Gasteiger partial charge in [0.05, 0.1) is 0 Å². The van der Waals surface area contributed by atoms with Crippen LogP contribution in [-0.2, 0) is 6.54 Å². The molecule has 4 nitrogen and oxygen atoms in total. The van der Waals surface area contributed by atoms with Gasteiger partial charge in [-0.3, -0.25) is 4.90 Å². The Morgan fingerprint density at radius 1 is 1.24 bits per heavy atom. The van der Waals surface area contributed by atoms with Crippen molar-refractivity contribution in [3.8, 4) is 0 Å². The highest BCUT2D eigenvalue weighted by molar-refractivity contribution is 6.58. The van der Waals surface area contributed by atoms with Crippen molar-refractivity contribution in [2.75, 3.05) is 26.2 Å². The number of piperazine rings is 1. The summed E-state index contributed by atoms with van der Waals surface area (Å²) >= 11 is 0. The Morgan fingerprint density at radius 3 is 2.59 bits per heavy atom. The summed E-state index contributed by atoms with van der Waals surface area (Å²) in [7, 11) is -1.62. The molecule has 0 radical (unpaired) electrons. The molecule has 1 aromatic carbocycles. The van der Waals surface area contributed by atoms with Crippen LogP contribution in [0.15, 0.2) is 18.2 Å². The molecular weight excluding hydrogens is 222 g/mol. The van der Waals surface area contributed by atoms with E-state index in [0.29, 0.717) is 6.54 Å². The molecule has 0 bridgehead atoms. The fourth-order valence-corrected chi connectivity index (χ4v) is 2.04. The third-order valence-corrected chi connectivity index (χ3v) is 2.89. The van der Waals surface area contributed by atoms with Gasteiger partial charge in [-0.25, -0.2) is 4.39 Å². The molecule has 0 spiro atoms. The van der Waals surface area contributed by atoms with Gasteiger partial charge in [-0.1, -0.05) is 6.07 Å². The van der Waals surface area contributed by atoms with E-state index >= 15 is 0 Å². The molecule has 6 heteroatoms. The second-order valence-corrected chi connectivity index (χ2v) is 4.29. The molecule has 0 saturated carbocycles. The van der Waals surface area contributed by atoms with Crippen LogP contribution in [0, 0.1) is 5.82 Å². The largest absolute Gasteiger partial charge is 0.488 e. The van der Waals surface area contributed by atoms with Crippen LogP contribution in [0.3, 0.4) is 0 Å². The summed E-state index contributed by atoms with van der Waals surface area (Å²) in [6, 6.07) is 4.22. The van der Waals surface area contributed by atoms with Crippen LogP contribution in [0.5, 0.6) is 0 Å². The minimum atomic E-state index is -1.62. The van der Waals surface area contributed by atoms with Gasteiger partial charge in [0, 0.05) is 32.7 Å². The molecule has 1 heterocycles. The quantitative estimate of drug-likeness (QED) is 0.586. The average molecular weight is 238 g/mol. The van der Waals surface area contributed by atoms with Gasteiger partial charge >= 0.3 is 7.12 Å². The predicted molar refractivity (Wildman–Crippen MR) is 64.4 cm³/mol. The molecule has 17 heavy (non-hydrogen) atoms. The topological polar surface area (TPSA) is 55.7 Å². The Balaban J connectivity index is 2.09. The molecule has 0 amide bonds. The Bertz CT molecular complexity index is 384. The predicted octanol–water partition coefficient (Wildman–Crippen LogP) is -1.09. The summed E-state index contributed by atoms with van der Waals surface area (Å²) in [5.41, 5.74) is 0.977. The van der Waals surface area contributed by atoms with Crippen LogP contribution in [-0.4, -0.2) is 48.2 Å². The van der Waals surface area contributed by atoms with Crippen molar-refractivity contribution in [2.45, 2.75) is 6.54 Å². The van der Waals surface area contributed by atoms with E-state index in [1.807, 2.05) is 0 Å². The highest BCUT2D eigenvalue weighted by Crippen LogP contribution is 2.07. The summed E-state index contributed by atoms with van der Waals surface area (Å²) < 4.78 is 13.3. The van der Waals surface area contributed by atoms with Crippen molar-refractivity contribution in [2.24, 2.45) is 0 Å². The van der Waals surface area contributed by atoms with Gasteiger partial charge in [0.1, 0.15) is 5.82 Å². The standard InChI is InChI=1S/C11H16BFN2O2/c13-11-6-9(5-10(7-11)12(16)17)8-15-3-1-14-2-4-15/h5-7,14,16-17H,1-4,8H2. The van der Waals surface area contributed by atoms with Crippen LogP contribution in [0.4, 0.5) is 4.39 Å². The summed E-state index contributed by atoms with van der Waals surface area (Å²) in [4.78, 5) is 2.21. The second kappa shape index (κ2) is 5.60. The number of halogens is 1. The van der Waals surface area contributed by atoms with E-state index in [2.05, 4.69) is 10.2 Å². The molecule has 92 valence electrons. The maximum absolute atomic E-state index is 13.3. The van der Waals surface area contributed by atoms with Crippen LogP contribution in [0.1, 0.15) is 5.56 Å². The van der Waals surface area contributed by atoms with E-state index < -0.39 is 12.9 Å². The zero-order chi connectivity index (χ0) is 12.3. The van der Waals surface area contributed by atoms with Gasteiger partial charge in [0.25, 0.3) is 0 Å². The lowest BCUT2D eigenvalue weighted by atomic mass is 9.79. The molecule has 0 aromatic heterocycles. The molecule has 1 aliphatic rings. The Labute approximate surface area is 100 Å². The van der Waals surface area contributed by atoms with Crippen molar-refractivity contribution in [3.05, 3.63) is 29.6 Å². The molecule has 3 N–H and O–H groups in total. The molecule has 1 fully saturated rings. The van der Waals surface area contributed by atoms with E-state index in [0.717, 1.165) is 37.8 Å². The van der Waals surface area contributed by atoms with Crippen LogP contribution in [0.25, 0.3) is 0 Å². The summed E-state index contributed by atoms with van der Waals surface area (Å²) in [6.07, 6.45) is 0. The van der Waals surface area contributed by atoms with Crippen molar-refractivity contribution in [1.82, 2.24) is 10.2 Å². The zero-order valence-electron chi connectivity index (χ0n) is 9.56. The minimum Gasteiger partial charge on any atom is -0.423 e. The number of benzene rings is 1. The number of nitrogens with one attached hydrogen (secondary N) is 1. The first-order chi connectivity index (χ1) is 8.15. The molecule has 0 atom stereocenters. The lowest BCUT2D eigenvalue weighted by molar-refractivity contribution is 0.233. The normalized spacial score (nSPS) is 17.1. The van der Waals surface area contributed by atoms with Gasteiger partial charge in [-0.05, 0) is 23.2 Å². The Kier molecular flexibility index (Phi) is 4.12. The highest BCUT2D eigenvalue weighted by Gasteiger charge is 2.15. The van der Waals surface area contributed by atoms with E-state index in [4.69, 9.17) is 10.0 Å². The Morgan fingerprint density at radius 2 is 1.94 bits per heavy atom. The SMILES string of the molecule is OB(O)c1cc(F)cc(CN2CCNCC2)c1. The van der Waals surface area contributed by atoms with Crippen LogP contribution < -0.4 is 10.8 Å². The number of hydrogen-bond acceptors (Lipinski definition) is 4. The molecular formula is C11H16BFN2O2. The van der Waals surface area contributed by atoms with Crippen LogP contribution in [0.2, 0.25) is 0 Å². The molecule has 1 aliphatic heterocycles. The van der Waals surface area contributed by atoms with Crippen molar-refractivity contribution in [1.29, 1.82) is 0 Å². The van der Waals surface area contributed by atoms with Gasteiger partial charge in [-0.2, -0.15) is 0 Å². The maximum atomic E-state index is 13.3. The lowest BCUT2D eigenvalue weighted by Gasteiger charge is -2.27. The summed E-state index contributed by atoms with van der Waals surface area (Å²) in [5, 5.41) is 21.3. The van der Waals surface area contributed by atoms with E-state index in [-0.39, 0.29) is 5.46 Å². The lowest BCUT2D eigenvalue weighted by Crippen LogP contribution is -2.43. The molecule has 2 rings (SSSR count). The Hall–Kier alpha value is -0.945. The highest BCUT2D eigenvalue weighted by atomic mass is 19.1. The monoisotopic (exact) mass is 238 g/mol. The second-order valence-electron chi connectivity index (χ2n) is 4.29. The van der Waals surface area contributed by atoms with E-state index in [1.54, 1.807) is 6.07 Å². The third kappa shape index (κ3) is 3.51. The van der Waals surface area contributed by atoms with Crippen molar-refractivity contribution in [3.63, 3.8) is 0 Å². The first-order valence-corrected chi connectivity index (χ1v) is 5.74. The summed E-state index contributed by atoms with van der Waals surface area (Å²) in [6.45, 7) is 4.36. The first-order valence-electron chi connectivity index (χ1n) is 5.74. The van der Waals surface area contributed by atoms with Gasteiger partial charge in [0.15, 0.2) is 0 Å². The van der Waals surface area contributed by atoms with Gasteiger partial charge in [-0.15, -0.1) is 0 Å². The third-order valence-electron chi connectivity index (χ3n) is 2.89. The fourth-order valence-electron chi connectivity index (χ4n) is 2.04. The van der Waals surface area contributed by atoms with E-state index in [9.17, 15) is 4.39 Å². The fraction of sp³-hybridized carbons (Fsp3) is 0.455. The minimum absolute atomic E-state index is 0.204. The van der Waals surface area contributed by atoms with Crippen molar-refractivity contribution < 1.29 is 14.4 Å². The summed E-state index contributed by atoms with van der Waals surface area (Å²) in [5.74, 6) is -0.430. The van der Waals surface area contributed by atoms with Crippen molar-refractivity contribution >= 4 is 12.6 Å². The number of nitrogens with zero attached hydrogens (tertiary/aromatic N) is 1. The molecule has 0 unspecified atom stereocenters. The van der Waals surface area contributed by atoms with Gasteiger partial charge < -0.3 is 15.4 Å². The average Bonchev–Trinajstić information content (AvgIpc) is 2.29. The van der Waals surface area contributed by atoms with Gasteiger partial charge in [0.2, 0.25) is 0 Å². The van der Waals surface area contributed by atoms with E-state index in [1.165, 1.54) is 6.07 Å². The smallest absolute Gasteiger partial charge is 0.423 e. The molecule has 0 aliphatic carbocycles. The zero-order valence-corrected chi connectivity index (χ0v) is 9.56. The first kappa shape index (κ1) is 12.5. The van der Waals surface area contributed by atoms with Crippen LogP contribution >= 0.6 is 0 Å². The maximum Gasteiger partial charge on any atom is 0.488 e. The number of rotatable bonds is 3. The molecule has 1 aromatic rings.